The Morgan fingerprint density at radius 3 is 2.73 bits per heavy atom. The lowest BCUT2D eigenvalue weighted by atomic mass is 9.79. The van der Waals surface area contributed by atoms with Gasteiger partial charge >= 0.3 is 7.12 Å². The molecule has 170 valence electrons. The van der Waals surface area contributed by atoms with Gasteiger partial charge in [0.2, 0.25) is 5.95 Å². The molecule has 0 unspecified atom stereocenters. The Hall–Kier alpha value is -3.34. The SMILES string of the molecule is COc1cc(N2CCN(C)CC2)ccc1Nc1nccc(Nc2ccc3c(c2)B(O)OC3)n1. The third-order valence-electron chi connectivity index (χ3n) is 6.04. The first-order chi connectivity index (χ1) is 16.1. The Balaban J connectivity index is 1.31. The van der Waals surface area contributed by atoms with Crippen LogP contribution in [0.1, 0.15) is 5.56 Å². The number of aromatic nitrogens is 2. The molecular formula is C23H27BN6O3. The maximum atomic E-state index is 9.94. The van der Waals surface area contributed by atoms with Gasteiger partial charge in [-0.3, -0.25) is 0 Å². The zero-order chi connectivity index (χ0) is 22.8. The van der Waals surface area contributed by atoms with E-state index >= 15 is 0 Å². The molecule has 1 fully saturated rings. The van der Waals surface area contributed by atoms with Gasteiger partial charge in [-0.25, -0.2) is 4.98 Å². The number of hydrogen-bond acceptors (Lipinski definition) is 9. The molecule has 1 aromatic heterocycles. The van der Waals surface area contributed by atoms with E-state index in [0.717, 1.165) is 60.0 Å². The Kier molecular flexibility index (Phi) is 6.04. The van der Waals surface area contributed by atoms with E-state index in [9.17, 15) is 5.02 Å². The normalized spacial score (nSPS) is 16.0. The molecule has 5 rings (SSSR count). The van der Waals surface area contributed by atoms with Gasteiger partial charge in [0.1, 0.15) is 11.6 Å². The lowest BCUT2D eigenvalue weighted by molar-refractivity contribution is 0.275. The number of benzene rings is 2. The number of nitrogens with one attached hydrogen (secondary N) is 2. The van der Waals surface area contributed by atoms with E-state index < -0.39 is 7.12 Å². The first-order valence-electron chi connectivity index (χ1n) is 11.0. The standard InChI is InChI=1S/C23H27BN6O3/c1-29-9-11-30(12-10-29)18-5-6-20(21(14-18)32-2)27-23-25-8-7-22(28-23)26-17-4-3-16-15-33-24(31)19(16)13-17/h3-8,13-14,31H,9-12,15H2,1-2H3,(H2,25,26,27,28). The summed E-state index contributed by atoms with van der Waals surface area (Å²) in [5.41, 5.74) is 4.52. The van der Waals surface area contributed by atoms with Gasteiger partial charge in [0.25, 0.3) is 0 Å². The Morgan fingerprint density at radius 1 is 1.06 bits per heavy atom. The first-order valence-corrected chi connectivity index (χ1v) is 11.0. The van der Waals surface area contributed by atoms with Crippen molar-refractivity contribution >= 4 is 41.4 Å². The van der Waals surface area contributed by atoms with Crippen LogP contribution in [-0.4, -0.2) is 67.3 Å². The molecule has 2 aliphatic heterocycles. The largest absolute Gasteiger partial charge is 0.494 e. The van der Waals surface area contributed by atoms with Gasteiger partial charge in [-0.05, 0) is 48.4 Å². The molecule has 0 radical (unpaired) electrons. The molecule has 0 saturated carbocycles. The molecule has 0 spiro atoms. The number of piperazine rings is 1. The van der Waals surface area contributed by atoms with Gasteiger partial charge in [0, 0.05) is 49.8 Å². The summed E-state index contributed by atoms with van der Waals surface area (Å²) in [6, 6.07) is 13.7. The second-order valence-electron chi connectivity index (χ2n) is 8.27. The third kappa shape index (κ3) is 4.73. The van der Waals surface area contributed by atoms with Crippen LogP contribution in [0.4, 0.5) is 28.8 Å². The van der Waals surface area contributed by atoms with Gasteiger partial charge in [-0.15, -0.1) is 0 Å². The van der Waals surface area contributed by atoms with Crippen molar-refractivity contribution in [2.45, 2.75) is 6.61 Å². The minimum atomic E-state index is -0.884. The number of hydrogen-bond donors (Lipinski definition) is 3. The second-order valence-corrected chi connectivity index (χ2v) is 8.27. The summed E-state index contributed by atoms with van der Waals surface area (Å²) in [6.07, 6.45) is 1.69. The molecular weight excluding hydrogens is 419 g/mol. The molecule has 3 aromatic rings. The molecule has 2 aliphatic rings. The van der Waals surface area contributed by atoms with Crippen LogP contribution >= 0.6 is 0 Å². The van der Waals surface area contributed by atoms with Gasteiger partial charge < -0.3 is 34.8 Å². The Bertz CT molecular complexity index is 1140. The smallest absolute Gasteiger partial charge is 0.491 e. The maximum absolute atomic E-state index is 9.94. The number of methoxy groups -OCH3 is 1. The fourth-order valence-electron chi connectivity index (χ4n) is 4.09. The highest BCUT2D eigenvalue weighted by Gasteiger charge is 2.27. The van der Waals surface area contributed by atoms with Gasteiger partial charge in [0.05, 0.1) is 19.4 Å². The summed E-state index contributed by atoms with van der Waals surface area (Å²) >= 11 is 0. The molecule has 33 heavy (non-hydrogen) atoms. The minimum absolute atomic E-state index is 0.424. The van der Waals surface area contributed by atoms with Crippen LogP contribution in [0.2, 0.25) is 0 Å². The zero-order valence-electron chi connectivity index (χ0n) is 18.8. The highest BCUT2D eigenvalue weighted by atomic mass is 16.5. The number of fused-ring (bicyclic) bond motifs is 1. The van der Waals surface area contributed by atoms with Crippen molar-refractivity contribution in [2.24, 2.45) is 0 Å². The molecule has 0 aliphatic carbocycles. The minimum Gasteiger partial charge on any atom is -0.494 e. The van der Waals surface area contributed by atoms with E-state index in [2.05, 4.69) is 43.5 Å². The van der Waals surface area contributed by atoms with Crippen LogP contribution in [0.5, 0.6) is 5.75 Å². The topological polar surface area (TPSA) is 95.0 Å². The predicted molar refractivity (Wildman–Crippen MR) is 130 cm³/mol. The summed E-state index contributed by atoms with van der Waals surface area (Å²) in [5, 5.41) is 16.5. The van der Waals surface area contributed by atoms with Crippen LogP contribution in [0.25, 0.3) is 0 Å². The average Bonchev–Trinajstić information content (AvgIpc) is 3.20. The van der Waals surface area contributed by atoms with Crippen molar-refractivity contribution in [3.63, 3.8) is 0 Å². The zero-order valence-corrected chi connectivity index (χ0v) is 18.8. The number of likely N-dealkylation sites (N-methyl/N-ethyl adjacent to an activating group) is 1. The van der Waals surface area contributed by atoms with E-state index in [1.54, 1.807) is 19.4 Å². The highest BCUT2D eigenvalue weighted by Crippen LogP contribution is 2.32. The Labute approximate surface area is 193 Å². The maximum Gasteiger partial charge on any atom is 0.491 e. The number of nitrogens with zero attached hydrogens (tertiary/aromatic N) is 4. The second kappa shape index (κ2) is 9.26. The molecule has 10 heteroatoms. The predicted octanol–water partition coefficient (Wildman–Crippen LogP) is 1.94. The lowest BCUT2D eigenvalue weighted by Crippen LogP contribution is -2.44. The molecule has 9 nitrogen and oxygen atoms in total. The molecule has 0 amide bonds. The summed E-state index contributed by atoms with van der Waals surface area (Å²) < 4.78 is 10.9. The van der Waals surface area contributed by atoms with Crippen molar-refractivity contribution in [2.75, 3.05) is 55.9 Å². The van der Waals surface area contributed by atoms with Crippen LogP contribution in [-0.2, 0) is 11.3 Å². The van der Waals surface area contributed by atoms with E-state index in [4.69, 9.17) is 9.39 Å². The molecule has 3 N–H and O–H groups in total. The quantitative estimate of drug-likeness (QED) is 0.491. The van der Waals surface area contributed by atoms with Crippen molar-refractivity contribution in [1.82, 2.24) is 14.9 Å². The molecule has 0 atom stereocenters. The fraction of sp³-hybridized carbons (Fsp3) is 0.304. The average molecular weight is 446 g/mol. The van der Waals surface area contributed by atoms with Gasteiger partial charge in [-0.1, -0.05) is 6.07 Å². The monoisotopic (exact) mass is 446 g/mol. The number of rotatable bonds is 6. The number of ether oxygens (including phenoxy) is 1. The summed E-state index contributed by atoms with van der Waals surface area (Å²) in [6.45, 7) is 4.51. The summed E-state index contributed by atoms with van der Waals surface area (Å²) in [4.78, 5) is 13.6. The van der Waals surface area contributed by atoms with E-state index in [1.165, 1.54) is 0 Å². The van der Waals surface area contributed by atoms with Crippen LogP contribution in [0.15, 0.2) is 48.7 Å². The van der Waals surface area contributed by atoms with E-state index in [1.807, 2.05) is 30.3 Å². The fourth-order valence-corrected chi connectivity index (χ4v) is 4.09. The van der Waals surface area contributed by atoms with Crippen molar-refractivity contribution in [3.8, 4) is 5.75 Å². The van der Waals surface area contributed by atoms with Gasteiger partial charge in [-0.2, -0.15) is 4.98 Å². The van der Waals surface area contributed by atoms with Crippen LogP contribution < -0.4 is 25.7 Å². The lowest BCUT2D eigenvalue weighted by Gasteiger charge is -2.34. The summed E-state index contributed by atoms with van der Waals surface area (Å²) in [5.74, 6) is 1.82. The molecule has 2 aromatic carbocycles. The van der Waals surface area contributed by atoms with Crippen molar-refractivity contribution in [3.05, 3.63) is 54.2 Å². The molecule has 3 heterocycles. The number of anilines is 5. The van der Waals surface area contributed by atoms with Crippen molar-refractivity contribution < 1.29 is 14.4 Å². The van der Waals surface area contributed by atoms with Crippen LogP contribution in [0.3, 0.4) is 0 Å². The molecule has 0 bridgehead atoms. The molecule has 1 saturated heterocycles. The highest BCUT2D eigenvalue weighted by molar-refractivity contribution is 6.61. The summed E-state index contributed by atoms with van der Waals surface area (Å²) in [7, 11) is 2.93. The van der Waals surface area contributed by atoms with E-state index in [-0.39, 0.29) is 0 Å². The van der Waals surface area contributed by atoms with Crippen LogP contribution in [0, 0.1) is 0 Å². The Morgan fingerprint density at radius 2 is 1.91 bits per heavy atom. The first kappa shape index (κ1) is 21.5. The third-order valence-corrected chi connectivity index (χ3v) is 6.04. The van der Waals surface area contributed by atoms with Gasteiger partial charge in [0.15, 0.2) is 0 Å². The van der Waals surface area contributed by atoms with E-state index in [0.29, 0.717) is 18.4 Å². The van der Waals surface area contributed by atoms with Crippen molar-refractivity contribution in [1.29, 1.82) is 0 Å².